The van der Waals surface area contributed by atoms with Gasteiger partial charge in [-0.1, -0.05) is 12.8 Å². The van der Waals surface area contributed by atoms with Crippen LogP contribution in [0.4, 0.5) is 30.5 Å². The third-order valence-electron chi connectivity index (χ3n) is 6.51. The van der Waals surface area contributed by atoms with E-state index in [0.29, 0.717) is 30.0 Å². The molecule has 0 radical (unpaired) electrons. The van der Waals surface area contributed by atoms with Crippen molar-refractivity contribution in [2.45, 2.75) is 38.3 Å². The number of anilines is 3. The highest BCUT2D eigenvalue weighted by Crippen LogP contribution is 2.47. The molecule has 190 valence electrons. The molecule has 5 rings (SSSR count). The zero-order chi connectivity index (χ0) is 25.5. The largest absolute Gasteiger partial charge is 0.444 e. The normalized spacial score (nSPS) is 17.2. The number of amides is 2. The zero-order valence-corrected chi connectivity index (χ0v) is 19.4. The van der Waals surface area contributed by atoms with E-state index in [9.17, 15) is 22.8 Å². The highest BCUT2D eigenvalue weighted by atomic mass is 19.4. The Morgan fingerprint density at radius 3 is 2.81 bits per heavy atom. The predicted molar refractivity (Wildman–Crippen MR) is 123 cm³/mol. The van der Waals surface area contributed by atoms with Crippen LogP contribution in [0.3, 0.4) is 0 Å². The first-order valence-corrected chi connectivity index (χ1v) is 11.5. The Morgan fingerprint density at radius 2 is 2.06 bits per heavy atom. The molecule has 1 aliphatic heterocycles. The summed E-state index contributed by atoms with van der Waals surface area (Å²) in [6.07, 6.45) is 4.40. The average Bonchev–Trinajstić information content (AvgIpc) is 3.60. The molecule has 36 heavy (non-hydrogen) atoms. The Kier molecular flexibility index (Phi) is 5.92. The van der Waals surface area contributed by atoms with Crippen molar-refractivity contribution in [1.29, 1.82) is 0 Å². The number of hydrogen-bond acceptors (Lipinski definition) is 7. The summed E-state index contributed by atoms with van der Waals surface area (Å²) < 4.78 is 44.3. The molecule has 3 aromatic heterocycles. The van der Waals surface area contributed by atoms with Crippen LogP contribution in [-0.2, 0) is 11.8 Å². The minimum absolute atomic E-state index is 0.00987. The molecule has 0 unspecified atom stereocenters. The summed E-state index contributed by atoms with van der Waals surface area (Å²) in [7, 11) is 1.70. The van der Waals surface area contributed by atoms with E-state index in [4.69, 9.17) is 4.42 Å². The summed E-state index contributed by atoms with van der Waals surface area (Å²) >= 11 is 0. The van der Waals surface area contributed by atoms with Crippen molar-refractivity contribution in [3.05, 3.63) is 36.5 Å². The number of alkyl halides is 3. The third kappa shape index (κ3) is 4.90. The Hall–Kier alpha value is -3.90. The quantitative estimate of drug-likeness (QED) is 0.522. The first-order chi connectivity index (χ1) is 17.1. The number of carbonyl (C=O) groups is 2. The number of oxazole rings is 1. The lowest BCUT2D eigenvalue weighted by Gasteiger charge is -2.22. The Labute approximate surface area is 203 Å². The van der Waals surface area contributed by atoms with E-state index < -0.39 is 18.6 Å². The minimum Gasteiger partial charge on any atom is -0.444 e. The number of pyridine rings is 1. The van der Waals surface area contributed by atoms with E-state index in [-0.39, 0.29) is 28.7 Å². The average molecular weight is 503 g/mol. The van der Waals surface area contributed by atoms with Gasteiger partial charge < -0.3 is 15.1 Å². The number of aromatic nitrogens is 4. The van der Waals surface area contributed by atoms with Gasteiger partial charge in [-0.2, -0.15) is 18.3 Å². The lowest BCUT2D eigenvalue weighted by Crippen LogP contribution is -2.28. The molecule has 0 atom stereocenters. The molecule has 0 bridgehead atoms. The second-order valence-corrected chi connectivity index (χ2v) is 9.29. The van der Waals surface area contributed by atoms with Crippen molar-refractivity contribution in [3.8, 4) is 11.5 Å². The van der Waals surface area contributed by atoms with Crippen LogP contribution in [0.5, 0.6) is 0 Å². The molecule has 2 N–H and O–H groups in total. The van der Waals surface area contributed by atoms with Gasteiger partial charge in [-0.15, -0.1) is 0 Å². The summed E-state index contributed by atoms with van der Waals surface area (Å²) in [4.78, 5) is 35.4. The first kappa shape index (κ1) is 23.8. The van der Waals surface area contributed by atoms with Crippen LogP contribution in [-0.4, -0.2) is 50.8 Å². The number of rotatable bonds is 6. The Morgan fingerprint density at radius 1 is 1.28 bits per heavy atom. The number of aryl methyl sites for hydroxylation is 1. The molecule has 3 aromatic rings. The fourth-order valence-corrected chi connectivity index (χ4v) is 4.86. The van der Waals surface area contributed by atoms with Crippen molar-refractivity contribution < 1.29 is 27.2 Å². The molecule has 2 fully saturated rings. The maximum Gasteiger partial charge on any atom is 0.405 e. The van der Waals surface area contributed by atoms with Gasteiger partial charge in [0.15, 0.2) is 11.5 Å². The van der Waals surface area contributed by atoms with Gasteiger partial charge in [0.25, 0.3) is 5.91 Å². The van der Waals surface area contributed by atoms with E-state index in [1.54, 1.807) is 18.1 Å². The van der Waals surface area contributed by atoms with Crippen molar-refractivity contribution in [2.24, 2.45) is 12.5 Å². The van der Waals surface area contributed by atoms with Gasteiger partial charge in [0.05, 0.1) is 6.20 Å². The van der Waals surface area contributed by atoms with E-state index in [0.717, 1.165) is 31.9 Å². The van der Waals surface area contributed by atoms with E-state index >= 15 is 0 Å². The molecule has 4 heterocycles. The highest BCUT2D eigenvalue weighted by Gasteiger charge is 2.46. The molecule has 1 aliphatic carbocycles. The third-order valence-corrected chi connectivity index (χ3v) is 6.51. The van der Waals surface area contributed by atoms with Crippen LogP contribution in [0.2, 0.25) is 0 Å². The van der Waals surface area contributed by atoms with E-state index in [1.165, 1.54) is 23.0 Å². The van der Waals surface area contributed by atoms with Crippen LogP contribution < -0.4 is 15.5 Å². The maximum atomic E-state index is 12.9. The molecule has 0 aromatic carbocycles. The number of nitrogens with zero attached hydrogens (tertiary/aromatic N) is 5. The zero-order valence-electron chi connectivity index (χ0n) is 19.4. The number of nitrogens with one attached hydrogen (secondary N) is 2. The van der Waals surface area contributed by atoms with Gasteiger partial charge in [-0.05, 0) is 30.4 Å². The Balaban J connectivity index is 1.31. The molecule has 1 saturated carbocycles. The SMILES string of the molecule is Cn1cc(NC(=O)c2coc(-c3ccnc(NCC(F)(F)F)c3)n2)c(N2CC3(CCCC3)CC2=O)n1. The van der Waals surface area contributed by atoms with Gasteiger partial charge in [-0.25, -0.2) is 9.97 Å². The Bertz CT molecular complexity index is 1290. The summed E-state index contributed by atoms with van der Waals surface area (Å²) in [5.41, 5.74) is 0.662. The molecule has 1 spiro atoms. The second kappa shape index (κ2) is 8.95. The van der Waals surface area contributed by atoms with Gasteiger partial charge in [0.1, 0.15) is 24.3 Å². The molecular weight excluding hydrogens is 479 g/mol. The topological polar surface area (TPSA) is 118 Å². The minimum atomic E-state index is -4.39. The van der Waals surface area contributed by atoms with Gasteiger partial charge in [0.2, 0.25) is 11.8 Å². The van der Waals surface area contributed by atoms with Crippen molar-refractivity contribution in [3.63, 3.8) is 0 Å². The van der Waals surface area contributed by atoms with Crippen LogP contribution in [0.25, 0.3) is 11.5 Å². The van der Waals surface area contributed by atoms with Gasteiger partial charge in [0, 0.05) is 31.8 Å². The van der Waals surface area contributed by atoms with E-state index in [1.807, 2.05) is 0 Å². The van der Waals surface area contributed by atoms with Crippen molar-refractivity contribution in [1.82, 2.24) is 19.7 Å². The highest BCUT2D eigenvalue weighted by molar-refractivity contribution is 6.06. The molecule has 1 saturated heterocycles. The van der Waals surface area contributed by atoms with Crippen molar-refractivity contribution >= 4 is 29.1 Å². The van der Waals surface area contributed by atoms with Crippen LogP contribution >= 0.6 is 0 Å². The smallest absolute Gasteiger partial charge is 0.405 e. The van der Waals surface area contributed by atoms with Crippen LogP contribution in [0.1, 0.15) is 42.6 Å². The fraction of sp³-hybridized carbons (Fsp3) is 0.435. The fourth-order valence-electron chi connectivity index (χ4n) is 4.86. The van der Waals surface area contributed by atoms with Crippen molar-refractivity contribution in [2.75, 3.05) is 28.6 Å². The van der Waals surface area contributed by atoms with Gasteiger partial charge in [-0.3, -0.25) is 19.2 Å². The molecule has 2 amide bonds. The maximum absolute atomic E-state index is 12.9. The molecular formula is C23H24F3N7O3. The monoisotopic (exact) mass is 503 g/mol. The summed E-state index contributed by atoms with van der Waals surface area (Å²) in [6, 6.07) is 2.85. The second-order valence-electron chi connectivity index (χ2n) is 9.29. The molecule has 2 aliphatic rings. The predicted octanol–water partition coefficient (Wildman–Crippen LogP) is 3.99. The lowest BCUT2D eigenvalue weighted by molar-refractivity contribution is -0.118. The summed E-state index contributed by atoms with van der Waals surface area (Å²) in [5.74, 6) is -0.169. The summed E-state index contributed by atoms with van der Waals surface area (Å²) in [6.45, 7) is -0.663. The standard InChI is InChI=1S/C23H24F3N7O3/c1-32-10-15(19(31-32)33-13-22(9-18(33)34)5-2-3-6-22)29-20(35)16-11-36-21(30-16)14-4-7-27-17(8-14)28-12-23(24,25)26/h4,7-8,10-11H,2-3,5-6,9,12-13H2,1H3,(H,27,28)(H,29,35). The molecule has 13 heteroatoms. The first-order valence-electron chi connectivity index (χ1n) is 11.5. The van der Waals surface area contributed by atoms with E-state index in [2.05, 4.69) is 25.7 Å². The summed E-state index contributed by atoms with van der Waals surface area (Å²) in [5, 5.41) is 9.35. The van der Waals surface area contributed by atoms with Gasteiger partial charge >= 0.3 is 6.18 Å². The number of halogens is 3. The number of hydrogen-bond donors (Lipinski definition) is 2. The molecule has 10 nitrogen and oxygen atoms in total. The lowest BCUT2D eigenvalue weighted by atomic mass is 9.85. The number of carbonyl (C=O) groups excluding carboxylic acids is 2. The van der Waals surface area contributed by atoms with Crippen LogP contribution in [0.15, 0.2) is 35.2 Å². The van der Waals surface area contributed by atoms with Crippen LogP contribution in [0, 0.1) is 5.41 Å².